The Kier molecular flexibility index (Phi) is 3.32. The van der Waals surface area contributed by atoms with Crippen molar-refractivity contribution in [2.24, 2.45) is 0 Å². The van der Waals surface area contributed by atoms with Crippen molar-refractivity contribution < 1.29 is 13.6 Å². The van der Waals surface area contributed by atoms with Gasteiger partial charge in [-0.15, -0.1) is 0 Å². The third-order valence-electron chi connectivity index (χ3n) is 2.35. The first-order valence-electron chi connectivity index (χ1n) is 5.26. The number of hydrogen-bond acceptors (Lipinski definition) is 2. The molecule has 92 valence electrons. The number of pyridine rings is 1. The minimum absolute atomic E-state index is 0.109. The van der Waals surface area contributed by atoms with E-state index in [1.54, 1.807) is 13.0 Å². The van der Waals surface area contributed by atoms with Gasteiger partial charge in [-0.05, 0) is 36.8 Å². The third-order valence-corrected chi connectivity index (χ3v) is 2.35. The van der Waals surface area contributed by atoms with Crippen LogP contribution in [0.3, 0.4) is 0 Å². The van der Waals surface area contributed by atoms with E-state index in [9.17, 15) is 13.6 Å². The molecule has 2 aromatic rings. The molecule has 0 aliphatic heterocycles. The van der Waals surface area contributed by atoms with Crippen LogP contribution in [0.25, 0.3) is 0 Å². The number of carbonyl (C=O) groups excluding carboxylic acids is 1. The lowest BCUT2D eigenvalue weighted by atomic mass is 10.2. The van der Waals surface area contributed by atoms with E-state index in [-0.39, 0.29) is 5.69 Å². The van der Waals surface area contributed by atoms with Gasteiger partial charge in [0.25, 0.3) is 5.91 Å². The Hall–Kier alpha value is -2.30. The fraction of sp³-hybridized carbons (Fsp3) is 0.0769. The van der Waals surface area contributed by atoms with Crippen LogP contribution in [0.5, 0.6) is 0 Å². The average Bonchev–Trinajstić information content (AvgIpc) is 2.34. The van der Waals surface area contributed by atoms with Crippen LogP contribution < -0.4 is 5.32 Å². The zero-order valence-corrected chi connectivity index (χ0v) is 9.58. The molecule has 1 amide bonds. The third kappa shape index (κ3) is 2.51. The highest BCUT2D eigenvalue weighted by atomic mass is 19.1. The zero-order chi connectivity index (χ0) is 13.1. The van der Waals surface area contributed by atoms with Gasteiger partial charge in [-0.1, -0.05) is 6.07 Å². The quantitative estimate of drug-likeness (QED) is 0.887. The number of benzene rings is 1. The monoisotopic (exact) mass is 248 g/mol. The van der Waals surface area contributed by atoms with E-state index in [2.05, 4.69) is 10.3 Å². The summed E-state index contributed by atoms with van der Waals surface area (Å²) in [4.78, 5) is 15.6. The number of carbonyl (C=O) groups is 1. The smallest absolute Gasteiger partial charge is 0.274 e. The lowest BCUT2D eigenvalue weighted by Gasteiger charge is -2.07. The van der Waals surface area contributed by atoms with Crippen LogP contribution >= 0.6 is 0 Å². The molecular weight excluding hydrogens is 238 g/mol. The zero-order valence-electron chi connectivity index (χ0n) is 9.58. The number of nitrogens with zero attached hydrogens (tertiary/aromatic N) is 1. The molecular formula is C13H10F2N2O. The topological polar surface area (TPSA) is 42.0 Å². The Morgan fingerprint density at radius 1 is 1.22 bits per heavy atom. The lowest BCUT2D eigenvalue weighted by molar-refractivity contribution is 0.102. The van der Waals surface area contributed by atoms with Gasteiger partial charge in [-0.3, -0.25) is 9.78 Å². The van der Waals surface area contributed by atoms with Gasteiger partial charge in [0.05, 0.1) is 0 Å². The number of anilines is 1. The van der Waals surface area contributed by atoms with Crippen molar-refractivity contribution in [1.82, 2.24) is 4.98 Å². The van der Waals surface area contributed by atoms with Gasteiger partial charge < -0.3 is 5.32 Å². The summed E-state index contributed by atoms with van der Waals surface area (Å²) in [6, 6.07) is 6.63. The Balaban J connectivity index is 2.27. The highest BCUT2D eigenvalue weighted by Crippen LogP contribution is 2.18. The number of amides is 1. The fourth-order valence-corrected chi connectivity index (χ4v) is 1.46. The first kappa shape index (κ1) is 12.2. The molecule has 18 heavy (non-hydrogen) atoms. The summed E-state index contributed by atoms with van der Waals surface area (Å²) in [7, 11) is 0. The van der Waals surface area contributed by atoms with E-state index >= 15 is 0 Å². The molecule has 0 saturated carbocycles. The maximum absolute atomic E-state index is 13.3. The van der Waals surface area contributed by atoms with Crippen molar-refractivity contribution >= 4 is 11.6 Å². The van der Waals surface area contributed by atoms with E-state index in [1.165, 1.54) is 18.3 Å². The highest BCUT2D eigenvalue weighted by Gasteiger charge is 2.14. The molecule has 1 aromatic carbocycles. The predicted molar refractivity (Wildman–Crippen MR) is 63.3 cm³/mol. The molecule has 2 rings (SSSR count). The minimum Gasteiger partial charge on any atom is -0.316 e. The van der Waals surface area contributed by atoms with Crippen molar-refractivity contribution in [2.75, 3.05) is 5.32 Å². The molecule has 0 bridgehead atoms. The fourth-order valence-electron chi connectivity index (χ4n) is 1.46. The second-order valence-corrected chi connectivity index (χ2v) is 3.77. The maximum atomic E-state index is 13.3. The number of para-hydroxylation sites is 1. The van der Waals surface area contributed by atoms with Gasteiger partial charge in [-0.2, -0.15) is 0 Å². The van der Waals surface area contributed by atoms with Gasteiger partial charge in [0.1, 0.15) is 23.0 Å². The van der Waals surface area contributed by atoms with Crippen molar-refractivity contribution in [3.63, 3.8) is 0 Å². The van der Waals surface area contributed by atoms with Crippen LogP contribution in [0.2, 0.25) is 0 Å². The maximum Gasteiger partial charge on any atom is 0.274 e. The summed E-state index contributed by atoms with van der Waals surface area (Å²) in [5.41, 5.74) is 0.479. The molecule has 0 radical (unpaired) electrons. The van der Waals surface area contributed by atoms with E-state index in [4.69, 9.17) is 0 Å². The molecule has 0 aliphatic carbocycles. The normalized spacial score (nSPS) is 10.2. The Morgan fingerprint density at radius 3 is 2.50 bits per heavy atom. The number of nitrogens with one attached hydrogen (secondary N) is 1. The number of halogens is 2. The van der Waals surface area contributed by atoms with Gasteiger partial charge >= 0.3 is 0 Å². The van der Waals surface area contributed by atoms with Crippen LogP contribution in [0.4, 0.5) is 14.5 Å². The van der Waals surface area contributed by atoms with E-state index in [0.717, 1.165) is 17.7 Å². The second kappa shape index (κ2) is 4.91. The van der Waals surface area contributed by atoms with Crippen LogP contribution in [0.15, 0.2) is 36.5 Å². The first-order valence-corrected chi connectivity index (χ1v) is 5.26. The van der Waals surface area contributed by atoms with Gasteiger partial charge in [0, 0.05) is 6.20 Å². The van der Waals surface area contributed by atoms with E-state index < -0.39 is 23.2 Å². The van der Waals surface area contributed by atoms with Crippen LogP contribution in [0, 0.1) is 18.6 Å². The lowest BCUT2D eigenvalue weighted by Crippen LogP contribution is -2.15. The predicted octanol–water partition coefficient (Wildman–Crippen LogP) is 2.92. The average molecular weight is 248 g/mol. The number of rotatable bonds is 2. The molecule has 5 heteroatoms. The highest BCUT2D eigenvalue weighted by molar-refractivity contribution is 6.03. The molecule has 0 saturated heterocycles. The van der Waals surface area contributed by atoms with Gasteiger partial charge in [0.15, 0.2) is 0 Å². The summed E-state index contributed by atoms with van der Waals surface area (Å²) in [6.07, 6.45) is 1.46. The molecule has 0 atom stereocenters. The van der Waals surface area contributed by atoms with Crippen molar-refractivity contribution in [1.29, 1.82) is 0 Å². The van der Waals surface area contributed by atoms with Crippen molar-refractivity contribution in [2.45, 2.75) is 6.92 Å². The molecule has 3 nitrogen and oxygen atoms in total. The summed E-state index contributed by atoms with van der Waals surface area (Å²) in [5, 5.41) is 2.17. The number of aromatic nitrogens is 1. The first-order chi connectivity index (χ1) is 8.58. The van der Waals surface area contributed by atoms with Crippen molar-refractivity contribution in [3.8, 4) is 0 Å². The largest absolute Gasteiger partial charge is 0.316 e. The molecule has 1 N–H and O–H groups in total. The molecule has 0 aliphatic rings. The number of hydrogen-bond donors (Lipinski definition) is 1. The van der Waals surface area contributed by atoms with E-state index in [1.807, 2.05) is 0 Å². The number of aryl methyl sites for hydroxylation is 1. The molecule has 0 fully saturated rings. The molecule has 0 unspecified atom stereocenters. The molecule has 1 aromatic heterocycles. The van der Waals surface area contributed by atoms with Gasteiger partial charge in [-0.25, -0.2) is 8.78 Å². The summed E-state index contributed by atoms with van der Waals surface area (Å²) < 4.78 is 26.7. The molecule has 0 spiro atoms. The second-order valence-electron chi connectivity index (χ2n) is 3.77. The summed E-state index contributed by atoms with van der Waals surface area (Å²) in [6.45, 7) is 1.79. The van der Waals surface area contributed by atoms with Gasteiger partial charge in [0.2, 0.25) is 0 Å². The standard InChI is InChI=1S/C13H10F2N2O/c1-8-5-6-16-11(7-8)13(18)17-12-9(14)3-2-4-10(12)15/h2-7H,1H3,(H,17,18). The van der Waals surface area contributed by atoms with Crippen LogP contribution in [-0.2, 0) is 0 Å². The Bertz CT molecular complexity index is 579. The minimum atomic E-state index is -0.823. The van der Waals surface area contributed by atoms with Crippen molar-refractivity contribution in [3.05, 3.63) is 59.4 Å². The summed E-state index contributed by atoms with van der Waals surface area (Å²) >= 11 is 0. The Morgan fingerprint density at radius 2 is 1.89 bits per heavy atom. The SMILES string of the molecule is Cc1ccnc(C(=O)Nc2c(F)cccc2F)c1. The van der Waals surface area contributed by atoms with Crippen LogP contribution in [-0.4, -0.2) is 10.9 Å². The summed E-state index contributed by atoms with van der Waals surface area (Å²) in [5.74, 6) is -2.30. The van der Waals surface area contributed by atoms with E-state index in [0.29, 0.717) is 0 Å². The van der Waals surface area contributed by atoms with Crippen LogP contribution in [0.1, 0.15) is 16.1 Å². The Labute approximate surface area is 102 Å². The molecule has 1 heterocycles.